The molecular formula is C18H19ClN4O. The minimum Gasteiger partial charge on any atom is -0.340 e. The second kappa shape index (κ2) is 6.06. The first-order valence-electron chi connectivity index (χ1n) is 8.39. The molecule has 2 aromatic rings. The Labute approximate surface area is 146 Å². The minimum atomic E-state index is 0.197. The highest BCUT2D eigenvalue weighted by molar-refractivity contribution is 6.29. The van der Waals surface area contributed by atoms with E-state index in [9.17, 15) is 4.79 Å². The van der Waals surface area contributed by atoms with Gasteiger partial charge in [0.1, 0.15) is 16.8 Å². The van der Waals surface area contributed by atoms with Crippen LogP contribution in [0.25, 0.3) is 0 Å². The lowest BCUT2D eigenvalue weighted by Crippen LogP contribution is -2.34. The third-order valence-corrected chi connectivity index (χ3v) is 4.72. The molecule has 2 aliphatic rings. The number of aryl methyl sites for hydroxylation is 1. The van der Waals surface area contributed by atoms with Crippen LogP contribution in [0.2, 0.25) is 5.15 Å². The summed E-state index contributed by atoms with van der Waals surface area (Å²) in [5.41, 5.74) is 3.15. The fourth-order valence-corrected chi connectivity index (χ4v) is 3.35. The van der Waals surface area contributed by atoms with E-state index in [1.54, 1.807) is 6.07 Å². The quantitative estimate of drug-likeness (QED) is 0.851. The zero-order valence-corrected chi connectivity index (χ0v) is 14.3. The van der Waals surface area contributed by atoms with Crippen molar-refractivity contribution in [2.75, 3.05) is 16.8 Å². The average molecular weight is 343 g/mol. The van der Waals surface area contributed by atoms with E-state index in [2.05, 4.69) is 21.4 Å². The standard InChI is InChI=1S/C18H19ClN4O/c1-2-23-14-7-6-13(9-12(14)5-8-17(23)24)20-16-10-15(19)21-18(22-16)11-3-4-11/h6-7,9-11H,2-5,8H2,1H3,(H,20,21,22). The number of carbonyl (C=O) groups excluding carboxylic acids is 1. The Kier molecular flexibility index (Phi) is 3.88. The summed E-state index contributed by atoms with van der Waals surface area (Å²) in [6.45, 7) is 2.70. The van der Waals surface area contributed by atoms with Gasteiger partial charge in [0.2, 0.25) is 5.91 Å². The Balaban J connectivity index is 1.61. The van der Waals surface area contributed by atoms with Crippen LogP contribution in [0.5, 0.6) is 0 Å². The highest BCUT2D eigenvalue weighted by Crippen LogP contribution is 2.39. The Bertz CT molecular complexity index is 804. The lowest BCUT2D eigenvalue weighted by atomic mass is 10.0. The Hall–Kier alpha value is -2.14. The SMILES string of the molecule is CCN1C(=O)CCc2cc(Nc3cc(Cl)nc(C4CC4)n3)ccc21. The highest BCUT2D eigenvalue weighted by atomic mass is 35.5. The maximum Gasteiger partial charge on any atom is 0.227 e. The molecule has 1 aliphatic heterocycles. The molecule has 0 spiro atoms. The van der Waals surface area contributed by atoms with Gasteiger partial charge >= 0.3 is 0 Å². The molecule has 1 fully saturated rings. The largest absolute Gasteiger partial charge is 0.340 e. The van der Waals surface area contributed by atoms with Crippen LogP contribution in [0.4, 0.5) is 17.2 Å². The van der Waals surface area contributed by atoms with Gasteiger partial charge in [0.25, 0.3) is 0 Å². The van der Waals surface area contributed by atoms with Gasteiger partial charge in [-0.15, -0.1) is 0 Å². The van der Waals surface area contributed by atoms with E-state index in [1.165, 1.54) is 5.56 Å². The van der Waals surface area contributed by atoms with E-state index in [1.807, 2.05) is 24.0 Å². The number of anilines is 3. The van der Waals surface area contributed by atoms with Crippen molar-refractivity contribution in [2.45, 2.75) is 38.5 Å². The van der Waals surface area contributed by atoms with Crippen molar-refractivity contribution >= 4 is 34.7 Å². The summed E-state index contributed by atoms with van der Waals surface area (Å²) in [5.74, 6) is 2.20. The molecule has 24 heavy (non-hydrogen) atoms. The van der Waals surface area contributed by atoms with Gasteiger partial charge in [0.05, 0.1) is 0 Å². The molecule has 1 aromatic carbocycles. The monoisotopic (exact) mass is 342 g/mol. The lowest BCUT2D eigenvalue weighted by Gasteiger charge is -2.28. The molecule has 0 atom stereocenters. The van der Waals surface area contributed by atoms with Crippen LogP contribution in [0.3, 0.4) is 0 Å². The molecule has 1 saturated carbocycles. The summed E-state index contributed by atoms with van der Waals surface area (Å²) >= 11 is 6.12. The number of hydrogen-bond acceptors (Lipinski definition) is 4. The highest BCUT2D eigenvalue weighted by Gasteiger charge is 2.27. The Morgan fingerprint density at radius 3 is 2.83 bits per heavy atom. The number of halogens is 1. The van der Waals surface area contributed by atoms with Gasteiger partial charge in [-0.3, -0.25) is 4.79 Å². The van der Waals surface area contributed by atoms with Gasteiger partial charge in [0, 0.05) is 36.3 Å². The minimum absolute atomic E-state index is 0.197. The van der Waals surface area contributed by atoms with Crippen LogP contribution in [-0.2, 0) is 11.2 Å². The van der Waals surface area contributed by atoms with Crippen LogP contribution in [0.15, 0.2) is 24.3 Å². The second-order valence-corrected chi connectivity index (χ2v) is 6.70. The lowest BCUT2D eigenvalue weighted by molar-refractivity contribution is -0.118. The predicted octanol–water partition coefficient (Wildman–Crippen LogP) is 4.05. The van der Waals surface area contributed by atoms with Crippen molar-refractivity contribution in [1.29, 1.82) is 0 Å². The van der Waals surface area contributed by atoms with E-state index in [0.29, 0.717) is 24.0 Å². The molecule has 0 unspecified atom stereocenters. The van der Waals surface area contributed by atoms with E-state index >= 15 is 0 Å². The maximum atomic E-state index is 12.0. The van der Waals surface area contributed by atoms with Crippen LogP contribution in [0.1, 0.15) is 43.5 Å². The first kappa shape index (κ1) is 15.4. The van der Waals surface area contributed by atoms with Gasteiger partial charge in [-0.2, -0.15) is 0 Å². The van der Waals surface area contributed by atoms with Crippen LogP contribution in [0, 0.1) is 0 Å². The molecule has 1 aromatic heterocycles. The molecule has 1 aliphatic carbocycles. The van der Waals surface area contributed by atoms with Crippen molar-refractivity contribution in [1.82, 2.24) is 9.97 Å². The number of nitrogens with zero attached hydrogens (tertiary/aromatic N) is 3. The van der Waals surface area contributed by atoms with Crippen molar-refractivity contribution in [3.8, 4) is 0 Å². The van der Waals surface area contributed by atoms with Crippen molar-refractivity contribution in [3.05, 3.63) is 40.8 Å². The molecule has 4 rings (SSSR count). The first-order chi connectivity index (χ1) is 11.6. The number of hydrogen-bond donors (Lipinski definition) is 1. The average Bonchev–Trinajstić information content (AvgIpc) is 3.39. The van der Waals surface area contributed by atoms with Crippen molar-refractivity contribution < 1.29 is 4.79 Å². The zero-order chi connectivity index (χ0) is 16.7. The van der Waals surface area contributed by atoms with Crippen molar-refractivity contribution in [2.24, 2.45) is 0 Å². The third-order valence-electron chi connectivity index (χ3n) is 4.52. The Morgan fingerprint density at radius 2 is 2.08 bits per heavy atom. The first-order valence-corrected chi connectivity index (χ1v) is 8.76. The summed E-state index contributed by atoms with van der Waals surface area (Å²) in [6, 6.07) is 7.82. The molecule has 5 nitrogen and oxygen atoms in total. The summed E-state index contributed by atoms with van der Waals surface area (Å²) in [4.78, 5) is 22.7. The summed E-state index contributed by atoms with van der Waals surface area (Å²) < 4.78 is 0. The normalized spacial score (nSPS) is 16.9. The second-order valence-electron chi connectivity index (χ2n) is 6.31. The van der Waals surface area contributed by atoms with E-state index < -0.39 is 0 Å². The van der Waals surface area contributed by atoms with Crippen LogP contribution in [-0.4, -0.2) is 22.4 Å². The number of carbonyl (C=O) groups is 1. The fraction of sp³-hybridized carbons (Fsp3) is 0.389. The molecule has 1 amide bonds. The predicted molar refractivity (Wildman–Crippen MR) is 95.1 cm³/mol. The molecular weight excluding hydrogens is 324 g/mol. The molecule has 1 N–H and O–H groups in total. The molecule has 0 radical (unpaired) electrons. The van der Waals surface area contributed by atoms with Gasteiger partial charge in [0.15, 0.2) is 0 Å². The Morgan fingerprint density at radius 1 is 1.25 bits per heavy atom. The molecule has 2 heterocycles. The maximum absolute atomic E-state index is 12.0. The van der Waals surface area contributed by atoms with Gasteiger partial charge in [-0.05, 0) is 49.9 Å². The topological polar surface area (TPSA) is 58.1 Å². The number of amides is 1. The third kappa shape index (κ3) is 2.96. The van der Waals surface area contributed by atoms with E-state index in [4.69, 9.17) is 11.6 Å². The molecule has 6 heteroatoms. The molecule has 0 saturated heterocycles. The van der Waals surface area contributed by atoms with Gasteiger partial charge in [-0.25, -0.2) is 9.97 Å². The fourth-order valence-electron chi connectivity index (χ4n) is 3.16. The molecule has 0 bridgehead atoms. The number of aromatic nitrogens is 2. The number of nitrogens with one attached hydrogen (secondary N) is 1. The van der Waals surface area contributed by atoms with E-state index in [0.717, 1.165) is 42.3 Å². The van der Waals surface area contributed by atoms with E-state index in [-0.39, 0.29) is 5.91 Å². The summed E-state index contributed by atoms with van der Waals surface area (Å²) in [6.07, 6.45) is 3.62. The van der Waals surface area contributed by atoms with Gasteiger partial charge in [-0.1, -0.05) is 11.6 Å². The zero-order valence-electron chi connectivity index (χ0n) is 13.6. The number of benzene rings is 1. The van der Waals surface area contributed by atoms with Gasteiger partial charge < -0.3 is 10.2 Å². The van der Waals surface area contributed by atoms with Crippen LogP contribution < -0.4 is 10.2 Å². The van der Waals surface area contributed by atoms with Crippen molar-refractivity contribution in [3.63, 3.8) is 0 Å². The number of fused-ring (bicyclic) bond motifs is 1. The van der Waals surface area contributed by atoms with Crippen LogP contribution >= 0.6 is 11.6 Å². The number of rotatable bonds is 4. The summed E-state index contributed by atoms with van der Waals surface area (Å²) in [7, 11) is 0. The summed E-state index contributed by atoms with van der Waals surface area (Å²) in [5, 5.41) is 3.79. The molecule has 124 valence electrons. The smallest absolute Gasteiger partial charge is 0.227 e.